The van der Waals surface area contributed by atoms with E-state index in [2.05, 4.69) is 72.6 Å². The van der Waals surface area contributed by atoms with Crippen molar-refractivity contribution in [2.24, 2.45) is 5.92 Å². The maximum atomic E-state index is 13.1. The number of hydrogen-bond donors (Lipinski definition) is 2. The van der Waals surface area contributed by atoms with Gasteiger partial charge < -0.3 is 21.5 Å². The van der Waals surface area contributed by atoms with Crippen molar-refractivity contribution in [2.75, 3.05) is 45.8 Å². The predicted molar refractivity (Wildman–Crippen MR) is 216 cm³/mol. The van der Waals surface area contributed by atoms with Gasteiger partial charge in [-0.05, 0) is 23.6 Å². The van der Waals surface area contributed by atoms with Gasteiger partial charge in [0.05, 0.1) is 18.8 Å². The molecule has 3 rings (SSSR count). The Labute approximate surface area is 351 Å². The van der Waals surface area contributed by atoms with Crippen LogP contribution in [0.4, 0.5) is 18.3 Å². The van der Waals surface area contributed by atoms with Crippen LogP contribution in [-0.4, -0.2) is 61.4 Å². The van der Waals surface area contributed by atoms with Crippen molar-refractivity contribution in [1.29, 1.82) is 0 Å². The number of ether oxygens (including phenoxy) is 2. The molecule has 0 saturated heterocycles. The van der Waals surface area contributed by atoms with E-state index in [1.807, 2.05) is 11.8 Å². The van der Waals surface area contributed by atoms with Gasteiger partial charge in [0.2, 0.25) is 0 Å². The van der Waals surface area contributed by atoms with Crippen molar-refractivity contribution in [3.63, 3.8) is 0 Å². The van der Waals surface area contributed by atoms with E-state index in [9.17, 15) is 23.1 Å². The van der Waals surface area contributed by atoms with E-state index in [-0.39, 0.29) is 74.9 Å². The van der Waals surface area contributed by atoms with E-state index in [0.717, 1.165) is 35.8 Å². The van der Waals surface area contributed by atoms with Gasteiger partial charge in [-0.25, -0.2) is 0 Å². The topological polar surface area (TPSA) is 83.9 Å². The third-order valence-corrected chi connectivity index (χ3v) is 7.73. The van der Waals surface area contributed by atoms with Gasteiger partial charge in [0.25, 0.3) is 5.91 Å². The number of hydrogen-bond acceptors (Lipinski definition) is 7. The summed E-state index contributed by atoms with van der Waals surface area (Å²) < 4.78 is 49.8. The van der Waals surface area contributed by atoms with Gasteiger partial charge in [0.1, 0.15) is 5.75 Å². The summed E-state index contributed by atoms with van der Waals surface area (Å²) >= 11 is 7.09. The molecule has 1 aromatic heterocycles. The first-order valence-corrected chi connectivity index (χ1v) is 19.4. The minimum Gasteiger partial charge on any atom is -0.507 e. The number of carbonyl (C=O) groups is 1. The summed E-state index contributed by atoms with van der Waals surface area (Å²) in [6, 6.07) is 4.74. The number of phenolic OH excluding ortho intramolecular Hbond substituents is 1. The zero-order valence-corrected chi connectivity index (χ0v) is 39.5. The summed E-state index contributed by atoms with van der Waals surface area (Å²) in [5, 5.41) is 13.7. The Morgan fingerprint density at radius 3 is 1.87 bits per heavy atom. The van der Waals surface area contributed by atoms with E-state index in [0.29, 0.717) is 31.9 Å². The quantitative estimate of drug-likeness (QED) is 0.124. The van der Waals surface area contributed by atoms with E-state index < -0.39 is 17.6 Å². The number of thiazole rings is 1. The fraction of sp³-hybridized carbons (Fsp3) is 0.600. The number of halogens is 4. The molecule has 302 valence electrons. The van der Waals surface area contributed by atoms with Crippen molar-refractivity contribution in [3.05, 3.63) is 65.4 Å². The molecule has 2 aromatic carbocycles. The van der Waals surface area contributed by atoms with Gasteiger partial charge in [-0.3, -0.25) is 20.0 Å². The van der Waals surface area contributed by atoms with Crippen LogP contribution in [0, 0.1) is 50.9 Å². The molecule has 13 heteroatoms. The largest absolute Gasteiger partial charge is 2.00 e. The molecule has 1 amide bonds. The number of methoxy groups -OCH3 is 2. The minimum atomic E-state index is -4.53. The van der Waals surface area contributed by atoms with Gasteiger partial charge in [-0.1, -0.05) is 112 Å². The maximum absolute atomic E-state index is 13.1. The van der Waals surface area contributed by atoms with Crippen molar-refractivity contribution < 1.29 is 63.7 Å². The fourth-order valence-electron chi connectivity index (χ4n) is 3.88. The van der Waals surface area contributed by atoms with Gasteiger partial charge in [0, 0.05) is 54.7 Å². The molecular formula is C40H65ClF3N3O4SU. The van der Waals surface area contributed by atoms with E-state index >= 15 is 0 Å². The SMILES string of the molecule is CC(C)C.CCCC.CCCCCC.[CH2-]CC.[CH2-]c1cc(C(F)(F)F)cc2sc(NC(=O)c3cc(Cl)cc(CN(CCOC)CCOC)c3O)nc12.[U+2]. The Bertz CT molecular complexity index is 1360. The monoisotopic (exact) mass is 1010 g/mol. The normalized spacial score (nSPS) is 10.5. The Hall–Kier alpha value is -1.52. The number of nitrogens with zero attached hydrogens (tertiary/aromatic N) is 2. The third-order valence-electron chi connectivity index (χ3n) is 6.59. The molecule has 0 aliphatic rings. The van der Waals surface area contributed by atoms with Crippen molar-refractivity contribution in [3.8, 4) is 5.75 Å². The number of rotatable bonds is 14. The van der Waals surface area contributed by atoms with Crippen molar-refractivity contribution >= 4 is 44.2 Å². The number of unbranched alkanes of at least 4 members (excludes halogenated alkanes) is 4. The second-order valence-electron chi connectivity index (χ2n) is 12.6. The van der Waals surface area contributed by atoms with Crippen LogP contribution in [-0.2, 0) is 22.2 Å². The molecule has 2 N–H and O–H groups in total. The number of nitrogens with one attached hydrogen (secondary N) is 1. The molecule has 0 unspecified atom stereocenters. The molecule has 0 aliphatic carbocycles. The van der Waals surface area contributed by atoms with Crippen LogP contribution in [0.2, 0.25) is 5.02 Å². The van der Waals surface area contributed by atoms with E-state index in [4.69, 9.17) is 21.1 Å². The molecule has 53 heavy (non-hydrogen) atoms. The predicted octanol–water partition coefficient (Wildman–Crippen LogP) is 12.5. The molecule has 0 atom stereocenters. The van der Waals surface area contributed by atoms with Crippen molar-refractivity contribution in [1.82, 2.24) is 9.88 Å². The Balaban J connectivity index is -0.00000116. The molecule has 0 radical (unpaired) electrons. The summed E-state index contributed by atoms with van der Waals surface area (Å²) in [4.78, 5) is 19.1. The number of phenols is 1. The second-order valence-corrected chi connectivity index (χ2v) is 14.1. The van der Waals surface area contributed by atoms with Crippen LogP contribution < -0.4 is 5.32 Å². The molecule has 0 bridgehead atoms. The summed E-state index contributed by atoms with van der Waals surface area (Å²) in [6.45, 7) is 26.8. The second kappa shape index (κ2) is 32.7. The molecular weight excluding hydrogens is 949 g/mol. The first-order valence-electron chi connectivity index (χ1n) is 18.2. The Morgan fingerprint density at radius 1 is 0.962 bits per heavy atom. The average molecular weight is 1010 g/mol. The molecule has 0 spiro atoms. The van der Waals surface area contributed by atoms with Crippen molar-refractivity contribution in [2.45, 2.75) is 113 Å². The number of anilines is 1. The molecule has 7 nitrogen and oxygen atoms in total. The summed E-state index contributed by atoms with van der Waals surface area (Å²) in [5.41, 5.74) is -0.168. The van der Waals surface area contributed by atoms with E-state index in [1.54, 1.807) is 20.3 Å². The zero-order valence-electron chi connectivity index (χ0n) is 33.8. The van der Waals surface area contributed by atoms with Crippen LogP contribution in [0.25, 0.3) is 10.2 Å². The standard InChI is InChI=1S/C23H24ClF3N3O4S.C6H14.2C4H10.C3H7.U/c1-13-8-15(23(25,26)27)10-18-19(13)28-22(35-18)29-21(32)17-11-16(24)9-14(20(17)31)12-30(4-6-33-2)5-7-34-3;1-3-5-6-4-2;1-4(2)3;1-3-4-2;1-3-2;/h8-11,31H,1,4-7,12H2,2-3H3,(H,28,29,32);3-6H2,1-2H3;4H,1-3H3;3-4H2,1-2H3;1,3H2,2H3;/q-1;;;;-1;+2. The number of benzene rings is 2. The van der Waals surface area contributed by atoms with Gasteiger partial charge in [-0.15, -0.1) is 17.4 Å². The zero-order chi connectivity index (χ0) is 40.3. The smallest absolute Gasteiger partial charge is 0.507 e. The molecule has 0 fully saturated rings. The van der Waals surface area contributed by atoms with Crippen LogP contribution in [0.1, 0.15) is 127 Å². The molecule has 0 aliphatic heterocycles. The summed E-state index contributed by atoms with van der Waals surface area (Å²) in [5.74, 6) is -0.127. The number of fused-ring (bicyclic) bond motifs is 1. The summed E-state index contributed by atoms with van der Waals surface area (Å²) in [6.07, 6.45) is 4.64. The molecule has 3 aromatic rings. The first-order chi connectivity index (χ1) is 24.5. The van der Waals surface area contributed by atoms with Gasteiger partial charge in [0.15, 0.2) is 5.13 Å². The Kier molecular flexibility index (Phi) is 34.4. The van der Waals surface area contributed by atoms with Crippen LogP contribution in [0.15, 0.2) is 24.3 Å². The number of aromatic nitrogens is 1. The number of alkyl halides is 3. The number of carbonyl (C=O) groups excluding carboxylic acids is 1. The van der Waals surface area contributed by atoms with Crippen LogP contribution in [0.3, 0.4) is 0 Å². The first kappa shape index (κ1) is 55.8. The Morgan fingerprint density at radius 2 is 1.45 bits per heavy atom. The van der Waals surface area contributed by atoms with Gasteiger partial charge >= 0.3 is 37.3 Å². The minimum absolute atomic E-state index is 0. The average Bonchev–Trinajstić information content (AvgIpc) is 3.49. The number of aromatic hydroxyl groups is 1. The molecule has 0 saturated carbocycles. The summed E-state index contributed by atoms with van der Waals surface area (Å²) in [7, 11) is 3.16. The number of amides is 1. The molecule has 1 heterocycles. The van der Waals surface area contributed by atoms with Crippen LogP contribution in [0.5, 0.6) is 5.75 Å². The van der Waals surface area contributed by atoms with Crippen LogP contribution >= 0.6 is 22.9 Å². The third kappa shape index (κ3) is 25.3. The maximum Gasteiger partial charge on any atom is 2.00 e. The van der Waals surface area contributed by atoms with E-state index in [1.165, 1.54) is 44.6 Å². The van der Waals surface area contributed by atoms with Gasteiger partial charge in [-0.2, -0.15) is 32.1 Å². The fourth-order valence-corrected chi connectivity index (χ4v) is 5.07.